The largest absolute Gasteiger partial charge is 0.504 e. The minimum atomic E-state index is -0.900. The molecule has 4 aliphatic carbocycles. The Kier molecular flexibility index (Phi) is 2.95. The number of hydrogen-bond donors (Lipinski definition) is 2. The lowest BCUT2D eigenvalue weighted by molar-refractivity contribution is -0.243. The minimum absolute atomic E-state index is 0.0832. The quantitative estimate of drug-likeness (QED) is 0.768. The summed E-state index contributed by atoms with van der Waals surface area (Å²) < 4.78 is 12.9. The van der Waals surface area contributed by atoms with Gasteiger partial charge in [-0.3, -0.25) is 0 Å². The van der Waals surface area contributed by atoms with E-state index in [0.29, 0.717) is 11.8 Å². The van der Waals surface area contributed by atoms with Gasteiger partial charge < -0.3 is 24.6 Å². The molecule has 1 aromatic carbocycles. The van der Waals surface area contributed by atoms with Crippen molar-refractivity contribution in [2.75, 3.05) is 20.7 Å². The molecule has 0 amide bonds. The second kappa shape index (κ2) is 4.77. The van der Waals surface area contributed by atoms with Gasteiger partial charge >= 0.3 is 0 Å². The number of benzene rings is 1. The van der Waals surface area contributed by atoms with Gasteiger partial charge in [0.1, 0.15) is 11.7 Å². The Morgan fingerprint density at radius 2 is 2.07 bits per heavy atom. The SMILES string of the molecule is CO[C@]12C=C[C@@]3(C[C@@H]1C(C)(C)O)[C@H]1Cc4ccc(O)c5c4[C@@]3(CCN1C)[C@H]2O5. The van der Waals surface area contributed by atoms with Crippen LogP contribution in [0, 0.1) is 11.3 Å². The third-order valence-corrected chi connectivity index (χ3v) is 8.93. The molecule has 2 heterocycles. The van der Waals surface area contributed by atoms with Gasteiger partial charge in [0, 0.05) is 30.0 Å². The molecular weight excluding hydrogens is 354 g/mol. The summed E-state index contributed by atoms with van der Waals surface area (Å²) in [7, 11) is 3.96. The van der Waals surface area contributed by atoms with Gasteiger partial charge in [0.25, 0.3) is 0 Å². The smallest absolute Gasteiger partial charge is 0.165 e. The fraction of sp³-hybridized carbons (Fsp3) is 0.652. The second-order valence-electron chi connectivity index (χ2n) is 10.2. The van der Waals surface area contributed by atoms with Gasteiger partial charge in [-0.1, -0.05) is 18.2 Å². The Morgan fingerprint density at radius 3 is 2.79 bits per heavy atom. The van der Waals surface area contributed by atoms with Crippen LogP contribution in [0.2, 0.25) is 0 Å². The number of hydrogen-bond acceptors (Lipinski definition) is 5. The minimum Gasteiger partial charge on any atom is -0.504 e. The van der Waals surface area contributed by atoms with E-state index < -0.39 is 11.2 Å². The predicted octanol–water partition coefficient (Wildman–Crippen LogP) is 2.38. The van der Waals surface area contributed by atoms with Crippen LogP contribution in [0.1, 0.15) is 37.8 Å². The molecule has 28 heavy (non-hydrogen) atoms. The van der Waals surface area contributed by atoms with Crippen LogP contribution >= 0.6 is 0 Å². The maximum atomic E-state index is 11.2. The molecule has 6 aliphatic rings. The summed E-state index contributed by atoms with van der Waals surface area (Å²) in [5.74, 6) is 0.789. The molecule has 2 N–H and O–H groups in total. The number of rotatable bonds is 2. The molecule has 7 rings (SSSR count). The van der Waals surface area contributed by atoms with Crippen LogP contribution in [0.5, 0.6) is 11.5 Å². The number of phenolic OH excluding ortho intramolecular Hbond substituents is 1. The van der Waals surface area contributed by atoms with Crippen molar-refractivity contribution >= 4 is 0 Å². The molecule has 6 atom stereocenters. The number of piperidine rings is 1. The van der Waals surface area contributed by atoms with Crippen LogP contribution < -0.4 is 4.74 Å². The van der Waals surface area contributed by atoms with Crippen LogP contribution in [0.4, 0.5) is 0 Å². The fourth-order valence-corrected chi connectivity index (χ4v) is 7.86. The lowest BCUT2D eigenvalue weighted by atomic mass is 9.36. The zero-order chi connectivity index (χ0) is 19.7. The monoisotopic (exact) mass is 383 g/mol. The molecule has 1 aromatic rings. The summed E-state index contributed by atoms with van der Waals surface area (Å²) in [6.45, 7) is 4.79. The van der Waals surface area contributed by atoms with Crippen LogP contribution in [-0.2, 0) is 16.6 Å². The van der Waals surface area contributed by atoms with Gasteiger partial charge in [-0.15, -0.1) is 0 Å². The molecule has 0 radical (unpaired) electrons. The van der Waals surface area contributed by atoms with Crippen LogP contribution in [0.15, 0.2) is 24.3 Å². The average molecular weight is 383 g/mol. The lowest BCUT2D eigenvalue weighted by Gasteiger charge is -2.72. The van der Waals surface area contributed by atoms with Gasteiger partial charge in [0.2, 0.25) is 0 Å². The molecule has 150 valence electrons. The third-order valence-electron chi connectivity index (χ3n) is 8.93. The zero-order valence-corrected chi connectivity index (χ0v) is 17.0. The summed E-state index contributed by atoms with van der Waals surface area (Å²) in [5, 5.41) is 21.9. The standard InChI is InChI=1S/C23H29NO4/c1-20(2,26)15-12-21-7-8-23(15,27-4)19-22(21)9-10-24(3)16(21)11-13-5-6-14(25)18(28-19)17(13)22/h5-8,15-16,19,25-26H,9-12H2,1-4H3/t15-,16-,19-,21-,22+,23-/m1/s1. The Hall–Kier alpha value is -1.56. The summed E-state index contributed by atoms with van der Waals surface area (Å²) in [5.41, 5.74) is 0.565. The molecule has 2 aliphatic heterocycles. The van der Waals surface area contributed by atoms with Crippen molar-refractivity contribution in [1.82, 2.24) is 4.90 Å². The maximum absolute atomic E-state index is 11.2. The summed E-state index contributed by atoms with van der Waals surface area (Å²) in [6.07, 6.45) is 7.12. The van der Waals surface area contributed by atoms with E-state index in [-0.39, 0.29) is 28.6 Å². The highest BCUT2D eigenvalue weighted by Crippen LogP contribution is 2.75. The predicted molar refractivity (Wildman–Crippen MR) is 105 cm³/mol. The van der Waals surface area contributed by atoms with Gasteiger partial charge in [0.05, 0.1) is 11.0 Å². The normalized spacial score (nSPS) is 45.1. The van der Waals surface area contributed by atoms with E-state index in [1.165, 1.54) is 11.1 Å². The Bertz CT molecular complexity index is 920. The first-order chi connectivity index (χ1) is 13.2. The molecule has 2 fully saturated rings. The van der Waals surface area contributed by atoms with E-state index in [1.807, 2.05) is 13.8 Å². The summed E-state index contributed by atoms with van der Waals surface area (Å²) in [6, 6.07) is 4.21. The highest BCUT2D eigenvalue weighted by Gasteiger charge is 2.80. The molecular formula is C23H29NO4. The number of nitrogens with zero attached hydrogens (tertiary/aromatic N) is 1. The topological polar surface area (TPSA) is 62.2 Å². The number of ether oxygens (including phenoxy) is 2. The van der Waals surface area contributed by atoms with Crippen molar-refractivity contribution < 1.29 is 19.7 Å². The van der Waals surface area contributed by atoms with Gasteiger partial charge in [-0.05, 0) is 58.3 Å². The molecule has 2 spiro atoms. The van der Waals surface area contributed by atoms with E-state index in [0.717, 1.165) is 25.8 Å². The van der Waals surface area contributed by atoms with Crippen molar-refractivity contribution in [3.8, 4) is 11.5 Å². The summed E-state index contributed by atoms with van der Waals surface area (Å²) in [4.78, 5) is 2.49. The van der Waals surface area contributed by atoms with Crippen molar-refractivity contribution in [3.05, 3.63) is 35.4 Å². The van der Waals surface area contributed by atoms with Crippen molar-refractivity contribution in [3.63, 3.8) is 0 Å². The third kappa shape index (κ3) is 1.54. The highest BCUT2D eigenvalue weighted by atomic mass is 16.6. The van der Waals surface area contributed by atoms with Crippen molar-refractivity contribution in [2.45, 2.75) is 61.9 Å². The van der Waals surface area contributed by atoms with E-state index >= 15 is 0 Å². The number of aliphatic hydroxyl groups is 1. The van der Waals surface area contributed by atoms with Gasteiger partial charge in [0.15, 0.2) is 11.5 Å². The molecule has 5 heteroatoms. The number of likely N-dealkylation sites (tertiary alicyclic amines) is 1. The van der Waals surface area contributed by atoms with E-state index in [1.54, 1.807) is 13.2 Å². The number of likely N-dealkylation sites (N-methyl/N-ethyl adjacent to an activating group) is 1. The molecule has 5 nitrogen and oxygen atoms in total. The van der Waals surface area contributed by atoms with E-state index in [4.69, 9.17) is 9.47 Å². The molecule has 1 saturated heterocycles. The molecule has 0 aromatic heterocycles. The molecule has 0 unspecified atom stereocenters. The van der Waals surface area contributed by atoms with Crippen LogP contribution in [-0.4, -0.2) is 59.2 Å². The first kappa shape index (κ1) is 17.3. The number of methoxy groups -OCH3 is 1. The first-order valence-electron chi connectivity index (χ1n) is 10.4. The Morgan fingerprint density at radius 1 is 1.29 bits per heavy atom. The fourth-order valence-electron chi connectivity index (χ4n) is 7.86. The lowest BCUT2D eigenvalue weighted by Crippen LogP contribution is -2.80. The zero-order valence-electron chi connectivity index (χ0n) is 17.0. The van der Waals surface area contributed by atoms with Crippen molar-refractivity contribution in [1.29, 1.82) is 0 Å². The van der Waals surface area contributed by atoms with Gasteiger partial charge in [-0.2, -0.15) is 0 Å². The van der Waals surface area contributed by atoms with Gasteiger partial charge in [-0.25, -0.2) is 0 Å². The van der Waals surface area contributed by atoms with Crippen molar-refractivity contribution in [2.24, 2.45) is 11.3 Å². The Balaban J connectivity index is 1.71. The van der Waals surface area contributed by atoms with Crippen LogP contribution in [0.3, 0.4) is 0 Å². The van der Waals surface area contributed by atoms with Crippen LogP contribution in [0.25, 0.3) is 0 Å². The summed E-state index contributed by atoms with van der Waals surface area (Å²) >= 11 is 0. The number of fused-ring (bicyclic) bond motifs is 1. The second-order valence-corrected chi connectivity index (χ2v) is 10.2. The first-order valence-corrected chi connectivity index (χ1v) is 10.4. The average Bonchev–Trinajstić information content (AvgIpc) is 3.03. The van der Waals surface area contributed by atoms with E-state index in [2.05, 4.69) is 30.2 Å². The number of phenols is 1. The highest BCUT2D eigenvalue weighted by molar-refractivity contribution is 5.65. The molecule has 1 saturated carbocycles. The van der Waals surface area contributed by atoms with E-state index in [9.17, 15) is 10.2 Å². The molecule has 4 bridgehead atoms. The Labute approximate surface area is 165 Å². The maximum Gasteiger partial charge on any atom is 0.165 e. The number of aromatic hydroxyl groups is 1.